The molecule has 1 rings (SSSR count). The summed E-state index contributed by atoms with van der Waals surface area (Å²) < 4.78 is 141. The molecule has 170 valence electrons. The molecule has 0 aliphatic rings. The second-order valence-electron chi connectivity index (χ2n) is 6.47. The van der Waals surface area contributed by atoms with E-state index in [9.17, 15) is 53.5 Å². The minimum absolute atomic E-state index is 0.0453. The second-order valence-corrected chi connectivity index (χ2v) is 6.47. The van der Waals surface area contributed by atoms with Gasteiger partial charge in [0.05, 0.1) is 7.11 Å². The van der Waals surface area contributed by atoms with Gasteiger partial charge < -0.3 is 4.74 Å². The van der Waals surface area contributed by atoms with Crippen LogP contribution in [0.2, 0.25) is 0 Å². The lowest BCUT2D eigenvalue weighted by Gasteiger charge is -2.38. The van der Waals surface area contributed by atoms with Gasteiger partial charge in [-0.1, -0.05) is 17.7 Å². The van der Waals surface area contributed by atoms with Crippen molar-refractivity contribution >= 4 is 11.8 Å². The number of benzene rings is 1. The van der Waals surface area contributed by atoms with Crippen LogP contribution in [0.1, 0.15) is 27.0 Å². The van der Waals surface area contributed by atoms with E-state index in [0.717, 1.165) is 26.0 Å². The van der Waals surface area contributed by atoms with Crippen LogP contribution >= 0.6 is 0 Å². The summed E-state index contributed by atoms with van der Waals surface area (Å²) in [4.78, 5) is 22.7. The highest BCUT2D eigenvalue weighted by atomic mass is 19.4. The third-order valence-electron chi connectivity index (χ3n) is 4.21. The van der Waals surface area contributed by atoms with Gasteiger partial charge in [0.2, 0.25) is 5.78 Å². The fourth-order valence-electron chi connectivity index (χ4n) is 2.69. The number of carbonyl (C=O) groups excluding carboxylic acids is 2. The molecule has 3 nitrogen and oxygen atoms in total. The zero-order valence-electron chi connectivity index (χ0n) is 15.7. The van der Waals surface area contributed by atoms with Crippen LogP contribution in [0.5, 0.6) is 0 Å². The molecule has 0 aliphatic carbocycles. The van der Waals surface area contributed by atoms with Gasteiger partial charge in [0.25, 0.3) is 0 Å². The number of rotatable bonds is 7. The van der Waals surface area contributed by atoms with Crippen LogP contribution in [0.25, 0.3) is 0 Å². The van der Waals surface area contributed by atoms with E-state index in [-0.39, 0.29) is 18.2 Å². The Labute approximate surface area is 163 Å². The second kappa shape index (κ2) is 7.41. The summed E-state index contributed by atoms with van der Waals surface area (Å²) in [7, 11) is 0.0453. The maximum atomic E-state index is 14.2. The topological polar surface area (TPSA) is 43.4 Å². The van der Waals surface area contributed by atoms with Crippen LogP contribution in [0.3, 0.4) is 0 Å². The number of hydrogen-bond donors (Lipinski definition) is 0. The summed E-state index contributed by atoms with van der Waals surface area (Å²) in [6, 6.07) is 2.10. The van der Waals surface area contributed by atoms with Crippen molar-refractivity contribution in [3.05, 3.63) is 34.4 Å². The number of ketones is 1. The van der Waals surface area contributed by atoms with Gasteiger partial charge in [0, 0.05) is 5.56 Å². The van der Waals surface area contributed by atoms with Gasteiger partial charge >= 0.3 is 35.6 Å². The lowest BCUT2D eigenvalue weighted by atomic mass is 9.87. The number of alkyl halides is 10. The minimum atomic E-state index is -7.55. The predicted molar refractivity (Wildman–Crippen MR) is 81.7 cm³/mol. The van der Waals surface area contributed by atoms with Crippen molar-refractivity contribution in [3.8, 4) is 0 Å². The van der Waals surface area contributed by atoms with Crippen LogP contribution < -0.4 is 0 Å². The Morgan fingerprint density at radius 2 is 1.07 bits per heavy atom. The van der Waals surface area contributed by atoms with E-state index in [1.54, 1.807) is 0 Å². The first-order valence-corrected chi connectivity index (χ1v) is 7.82. The van der Waals surface area contributed by atoms with Gasteiger partial charge in [0.1, 0.15) is 0 Å². The van der Waals surface area contributed by atoms with E-state index in [2.05, 4.69) is 4.74 Å². The Kier molecular flexibility index (Phi) is 6.35. The first-order chi connectivity index (χ1) is 13.2. The van der Waals surface area contributed by atoms with Crippen molar-refractivity contribution in [1.82, 2.24) is 0 Å². The minimum Gasteiger partial charge on any atom is -0.464 e. The third kappa shape index (κ3) is 3.41. The average molecular weight is 456 g/mol. The molecule has 0 spiro atoms. The highest BCUT2D eigenvalue weighted by molar-refractivity contribution is 6.04. The Balaban J connectivity index is 3.64. The molecular formula is C17H14F10O3. The van der Waals surface area contributed by atoms with Crippen LogP contribution in [-0.4, -0.2) is 48.5 Å². The number of ether oxygens (including phenoxy) is 1. The maximum absolute atomic E-state index is 14.2. The number of carbonyl (C=O) groups is 2. The number of methoxy groups -OCH3 is 1. The fourth-order valence-corrected chi connectivity index (χ4v) is 2.69. The molecule has 0 fully saturated rings. The van der Waals surface area contributed by atoms with Crippen molar-refractivity contribution in [2.45, 2.75) is 50.4 Å². The smallest absolute Gasteiger partial charge is 0.410 e. The summed E-state index contributed by atoms with van der Waals surface area (Å²) in [6.07, 6.45) is 0. The van der Waals surface area contributed by atoms with Crippen molar-refractivity contribution in [1.29, 1.82) is 0 Å². The van der Waals surface area contributed by atoms with Gasteiger partial charge in [-0.25, -0.2) is 4.79 Å². The van der Waals surface area contributed by atoms with Crippen molar-refractivity contribution in [2.75, 3.05) is 7.11 Å². The Bertz CT molecular complexity index is 838. The molecule has 0 heterocycles. The zero-order chi connectivity index (χ0) is 24.1. The van der Waals surface area contributed by atoms with Crippen LogP contribution in [0.15, 0.2) is 12.1 Å². The number of Topliss-reactive ketones (excluding diaryl/α,β-unsaturated/α-hetero) is 1. The molecule has 0 aromatic heterocycles. The molecule has 0 atom stereocenters. The number of aryl methyl sites for hydroxylation is 3. The molecule has 13 heteroatoms. The lowest BCUT2D eigenvalue weighted by molar-refractivity contribution is -0.387. The van der Waals surface area contributed by atoms with Gasteiger partial charge in [-0.05, 0) is 31.9 Å². The molecule has 0 saturated carbocycles. The van der Waals surface area contributed by atoms with Crippen molar-refractivity contribution < 1.29 is 58.2 Å². The average Bonchev–Trinajstić information content (AvgIpc) is 2.58. The normalized spacial score (nSPS) is 13.9. The molecule has 0 unspecified atom stereocenters. The van der Waals surface area contributed by atoms with Gasteiger partial charge in [-0.15, -0.1) is 0 Å². The van der Waals surface area contributed by atoms with Gasteiger partial charge in [0.15, 0.2) is 0 Å². The molecule has 1 aromatic rings. The Morgan fingerprint density at radius 3 is 1.43 bits per heavy atom. The molecule has 0 radical (unpaired) electrons. The van der Waals surface area contributed by atoms with Crippen LogP contribution in [0.4, 0.5) is 43.9 Å². The monoisotopic (exact) mass is 456 g/mol. The maximum Gasteiger partial charge on any atom is 0.410 e. The summed E-state index contributed by atoms with van der Waals surface area (Å²) in [5.74, 6) is -41.8. The first kappa shape index (κ1) is 25.7. The van der Waals surface area contributed by atoms with Crippen molar-refractivity contribution in [3.63, 3.8) is 0 Å². The largest absolute Gasteiger partial charge is 0.464 e. The molecule has 0 N–H and O–H groups in total. The quantitative estimate of drug-likeness (QED) is 0.324. The van der Waals surface area contributed by atoms with Gasteiger partial charge in [-0.3, -0.25) is 4.79 Å². The summed E-state index contributed by atoms with van der Waals surface area (Å²) >= 11 is 0. The third-order valence-corrected chi connectivity index (χ3v) is 4.21. The molecule has 0 bridgehead atoms. The highest BCUT2D eigenvalue weighted by Gasteiger charge is 2.89. The van der Waals surface area contributed by atoms with E-state index in [0.29, 0.717) is 5.56 Å². The van der Waals surface area contributed by atoms with E-state index < -0.39 is 46.9 Å². The number of halogens is 10. The molecule has 0 saturated heterocycles. The zero-order valence-corrected chi connectivity index (χ0v) is 15.7. The molecular weight excluding hydrogens is 442 g/mol. The van der Waals surface area contributed by atoms with E-state index in [1.807, 2.05) is 0 Å². The summed E-state index contributed by atoms with van der Waals surface area (Å²) in [6.45, 7) is 3.39. The van der Waals surface area contributed by atoms with Crippen LogP contribution in [-0.2, 0) is 9.53 Å². The SMILES string of the molecule is COC(=O)C(F)(F)C(F)(F)C(F)(F)C(F)(F)C(F)(F)C(=O)c1c(C)cc(C)cc1C. The number of hydrogen-bond acceptors (Lipinski definition) is 3. The summed E-state index contributed by atoms with van der Waals surface area (Å²) in [5.41, 5.74) is -1.55. The molecule has 1 aromatic carbocycles. The molecule has 0 amide bonds. The fraction of sp³-hybridized carbons (Fsp3) is 0.529. The number of esters is 1. The van der Waals surface area contributed by atoms with E-state index in [4.69, 9.17) is 0 Å². The highest BCUT2D eigenvalue weighted by Crippen LogP contribution is 2.57. The van der Waals surface area contributed by atoms with E-state index >= 15 is 0 Å². The Morgan fingerprint density at radius 1 is 0.700 bits per heavy atom. The van der Waals surface area contributed by atoms with Crippen LogP contribution in [0, 0.1) is 20.8 Å². The standard InChI is InChI=1S/C17H14F10O3/c1-7-5-8(2)10(9(3)6-7)11(28)13(18,19)15(22,23)17(26,27)16(24,25)14(20,21)12(29)30-4/h5-6H,1-4H3. The Hall–Kier alpha value is -2.34. The van der Waals surface area contributed by atoms with E-state index in [1.165, 1.54) is 6.92 Å². The first-order valence-electron chi connectivity index (χ1n) is 7.82. The predicted octanol–water partition coefficient (Wildman–Crippen LogP) is 5.14. The van der Waals surface area contributed by atoms with Crippen molar-refractivity contribution in [2.24, 2.45) is 0 Å². The summed E-state index contributed by atoms with van der Waals surface area (Å²) in [5, 5.41) is 0. The van der Waals surface area contributed by atoms with Gasteiger partial charge in [-0.2, -0.15) is 43.9 Å². The molecule has 30 heavy (non-hydrogen) atoms. The molecule has 0 aliphatic heterocycles. The lowest BCUT2D eigenvalue weighted by Crippen LogP contribution is -2.70.